The minimum atomic E-state index is -3.82. The first-order valence-corrected chi connectivity index (χ1v) is 29.8. The van der Waals surface area contributed by atoms with Crippen molar-refractivity contribution in [2.24, 2.45) is 0 Å². The third kappa shape index (κ3) is 16.0. The van der Waals surface area contributed by atoms with Crippen LogP contribution in [-0.4, -0.2) is 176 Å². The number of ether oxygens (including phenoxy) is 6. The fourth-order valence-corrected chi connectivity index (χ4v) is 12.5. The molecule has 21 nitrogen and oxygen atoms in total. The summed E-state index contributed by atoms with van der Waals surface area (Å²) in [5.41, 5.74) is 4.68. The second-order valence-corrected chi connectivity index (χ2v) is 23.2. The van der Waals surface area contributed by atoms with Crippen molar-refractivity contribution < 1.29 is 50.1 Å². The Hall–Kier alpha value is -5.19. The van der Waals surface area contributed by atoms with Crippen molar-refractivity contribution >= 4 is 49.3 Å². The van der Waals surface area contributed by atoms with E-state index < -0.39 is 26.1 Å². The van der Waals surface area contributed by atoms with Crippen LogP contribution in [0.5, 0.6) is 11.5 Å². The van der Waals surface area contributed by atoms with Crippen molar-refractivity contribution in [1.82, 2.24) is 40.5 Å². The minimum Gasteiger partial charge on any atom is -0.484 e. The van der Waals surface area contributed by atoms with E-state index in [4.69, 9.17) is 51.6 Å². The van der Waals surface area contributed by atoms with Crippen molar-refractivity contribution in [1.29, 1.82) is 10.5 Å². The Bertz CT molecular complexity index is 2760. The number of piperazine rings is 2. The van der Waals surface area contributed by atoms with E-state index in [9.17, 15) is 32.2 Å². The minimum absolute atomic E-state index is 0.00392. The van der Waals surface area contributed by atoms with Gasteiger partial charge >= 0.3 is 6.03 Å². The maximum atomic E-state index is 13.0. The van der Waals surface area contributed by atoms with Gasteiger partial charge < -0.3 is 49.7 Å². The molecule has 4 atom stereocenters. The molecule has 2 saturated heterocycles. The van der Waals surface area contributed by atoms with Crippen molar-refractivity contribution in [2.45, 2.75) is 46.9 Å². The molecule has 420 valence electrons. The number of carbonyl (C=O) groups is 1. The zero-order valence-electron chi connectivity index (χ0n) is 43.1. The van der Waals surface area contributed by atoms with Crippen LogP contribution in [0.1, 0.15) is 45.6 Å². The Balaban J connectivity index is 0.624. The molecule has 0 saturated carbocycles. The number of nitrogens with one attached hydrogen (secondary N) is 6. The molecule has 4 aromatic carbocycles. The zero-order valence-corrected chi connectivity index (χ0v) is 46.3. The van der Waals surface area contributed by atoms with Crippen LogP contribution >= 0.6 is 23.2 Å². The highest BCUT2D eigenvalue weighted by molar-refractivity contribution is 7.89. The number of nitriles is 2. The van der Waals surface area contributed by atoms with Crippen LogP contribution in [0.4, 0.5) is 4.79 Å². The van der Waals surface area contributed by atoms with Gasteiger partial charge in [0.15, 0.2) is 0 Å². The molecule has 0 bridgehead atoms. The summed E-state index contributed by atoms with van der Waals surface area (Å²) in [5.74, 6) is 0.999. The van der Waals surface area contributed by atoms with E-state index in [1.807, 2.05) is 12.1 Å². The molecule has 0 spiro atoms. The molecule has 78 heavy (non-hydrogen) atoms. The fraction of sp³-hybridized carbons (Fsp3) is 0.491. The third-order valence-electron chi connectivity index (χ3n) is 13.8. The second kappa shape index (κ2) is 28.8. The van der Waals surface area contributed by atoms with E-state index >= 15 is 0 Å². The maximum absolute atomic E-state index is 13.0. The lowest BCUT2D eigenvalue weighted by Gasteiger charge is -2.36. The molecule has 2 amide bonds. The number of hydrogen-bond donors (Lipinski definition) is 6. The number of benzene rings is 4. The molecule has 2 aliphatic carbocycles. The second-order valence-electron chi connectivity index (χ2n) is 18.8. The summed E-state index contributed by atoms with van der Waals surface area (Å²) >= 11 is 12.8. The molecule has 25 heteroatoms. The topological polar surface area (TPSA) is 267 Å². The quantitative estimate of drug-likeness (QED) is 0.0446. The summed E-state index contributed by atoms with van der Waals surface area (Å²) in [6, 6.07) is 23.7. The van der Waals surface area contributed by atoms with Crippen molar-refractivity contribution in [2.75, 3.05) is 131 Å². The third-order valence-corrected chi connectivity index (χ3v) is 17.2. The molecule has 4 aliphatic rings. The molecular weight excluding hydrogens is 1090 g/mol. The normalized spacial score (nSPS) is 19.6. The van der Waals surface area contributed by atoms with Crippen molar-refractivity contribution in [3.05, 3.63) is 116 Å². The summed E-state index contributed by atoms with van der Waals surface area (Å²) in [7, 11) is -7.65. The monoisotopic (exact) mass is 1150 g/mol. The molecule has 0 aromatic heterocycles. The number of halogens is 2. The first-order valence-electron chi connectivity index (χ1n) is 26.0. The Morgan fingerprint density at radius 2 is 0.910 bits per heavy atom. The number of nitrogens with zero attached hydrogens (tertiary/aromatic N) is 4. The van der Waals surface area contributed by atoms with Gasteiger partial charge in [-0.15, -0.1) is 0 Å². The van der Waals surface area contributed by atoms with Crippen LogP contribution in [0.2, 0.25) is 10.0 Å². The summed E-state index contributed by atoms with van der Waals surface area (Å²) < 4.78 is 92.3. The van der Waals surface area contributed by atoms with E-state index in [0.29, 0.717) is 45.5 Å². The summed E-state index contributed by atoms with van der Waals surface area (Å²) in [6.07, 6.45) is 0.536. The number of fused-ring (bicyclic) bond motifs is 2. The van der Waals surface area contributed by atoms with Crippen LogP contribution in [0.15, 0.2) is 82.6 Å². The van der Waals surface area contributed by atoms with Gasteiger partial charge in [0.25, 0.3) is 0 Å². The van der Waals surface area contributed by atoms with Gasteiger partial charge in [-0.1, -0.05) is 23.2 Å². The van der Waals surface area contributed by atoms with E-state index in [1.165, 1.54) is 24.3 Å². The molecule has 1 unspecified atom stereocenters. The Morgan fingerprint density at radius 3 is 1.27 bits per heavy atom. The molecule has 2 fully saturated rings. The number of carbonyl (C=O) groups excluding carboxylic acids is 1. The lowest BCUT2D eigenvalue weighted by molar-refractivity contribution is 0.0504. The Labute approximate surface area is 466 Å². The van der Waals surface area contributed by atoms with Crippen LogP contribution in [-0.2, 0) is 51.8 Å². The average molecular weight is 1150 g/mol. The van der Waals surface area contributed by atoms with Gasteiger partial charge in [0.1, 0.15) is 23.7 Å². The van der Waals surface area contributed by atoms with E-state index in [-0.39, 0.29) is 113 Å². The average Bonchev–Trinajstić information content (AvgIpc) is 4.06. The highest BCUT2D eigenvalue weighted by Crippen LogP contribution is 2.43. The van der Waals surface area contributed by atoms with Gasteiger partial charge in [0, 0.05) is 88.6 Å². The summed E-state index contributed by atoms with van der Waals surface area (Å²) in [5, 5.41) is 32.7. The van der Waals surface area contributed by atoms with Gasteiger partial charge in [-0.25, -0.2) is 31.1 Å². The van der Waals surface area contributed by atoms with Gasteiger partial charge in [0.05, 0.1) is 98.0 Å². The van der Waals surface area contributed by atoms with Gasteiger partial charge in [-0.05, 0) is 108 Å². The smallest absolute Gasteiger partial charge is 0.314 e. The fourth-order valence-electron chi connectivity index (χ4n) is 10.0. The number of rotatable bonds is 28. The zero-order chi connectivity index (χ0) is 54.9. The predicted octanol–water partition coefficient (Wildman–Crippen LogP) is 3.26. The number of sulfonamides is 2. The van der Waals surface area contributed by atoms with E-state index in [0.717, 1.165) is 74.6 Å². The maximum Gasteiger partial charge on any atom is 0.314 e. The van der Waals surface area contributed by atoms with E-state index in [2.05, 4.69) is 52.6 Å². The Kier molecular flexibility index (Phi) is 21.8. The van der Waals surface area contributed by atoms with Crippen molar-refractivity contribution in [3.8, 4) is 23.6 Å². The number of amides is 2. The van der Waals surface area contributed by atoms with Gasteiger partial charge in [-0.2, -0.15) is 10.5 Å². The number of hydrogen-bond acceptors (Lipinski definition) is 17. The first kappa shape index (κ1) is 58.9. The number of urea groups is 1. The molecular formula is C53H66Cl2N10O11S2. The molecule has 6 N–H and O–H groups in total. The molecule has 8 rings (SSSR count). The first-order chi connectivity index (χ1) is 37.8. The highest BCUT2D eigenvalue weighted by Gasteiger charge is 2.42. The van der Waals surface area contributed by atoms with Crippen molar-refractivity contribution in [3.63, 3.8) is 0 Å². The van der Waals surface area contributed by atoms with Crippen LogP contribution < -0.4 is 40.2 Å². The molecule has 4 aromatic rings. The van der Waals surface area contributed by atoms with E-state index in [1.54, 1.807) is 36.4 Å². The lowest BCUT2D eigenvalue weighted by Crippen LogP contribution is -2.50. The highest BCUT2D eigenvalue weighted by atomic mass is 35.5. The lowest BCUT2D eigenvalue weighted by atomic mass is 10.0. The largest absolute Gasteiger partial charge is 0.484 e. The molecule has 2 heterocycles. The van der Waals surface area contributed by atoms with Crippen LogP contribution in [0, 0.1) is 22.7 Å². The van der Waals surface area contributed by atoms with Crippen LogP contribution in [0.3, 0.4) is 0 Å². The predicted molar refractivity (Wildman–Crippen MR) is 291 cm³/mol. The summed E-state index contributed by atoms with van der Waals surface area (Å²) in [4.78, 5) is 17.0. The Morgan fingerprint density at radius 1 is 0.551 bits per heavy atom. The molecule has 2 aliphatic heterocycles. The molecule has 0 radical (unpaired) electrons. The van der Waals surface area contributed by atoms with Gasteiger partial charge in [-0.3, -0.25) is 9.80 Å². The van der Waals surface area contributed by atoms with Crippen LogP contribution in [0.25, 0.3) is 0 Å². The summed E-state index contributed by atoms with van der Waals surface area (Å²) in [6.45, 7) is 9.03. The SMILES string of the molecule is N#Cc1cc(Cl)cc2c1CC(N1CCNCC1)[C@H]2Oc1ccc(S(=O)(=O)NCCOCCOCCNC(=O)NCCOCCOCCNS(=O)(=O)c2ccc(O[C@H]3c4cc(Cl)cc(C#N)c4C[C@@H]3N3CCNCC3)cc2)cc1. The van der Waals surface area contributed by atoms with Gasteiger partial charge in [0.2, 0.25) is 20.0 Å². The standard InChI is InChI=1S/C53H66Cl2N10O11S2/c54-39-29-37(35-56)45-33-49(64-17-9-58-10-18-64)51(47(45)31-39)75-41-1-5-43(6-2-41)77(67,68)62-15-23-73-27-25-71-21-13-60-53(66)61-14-22-72-26-28-74-24-16-63-78(69,70)44-7-3-42(4-8-44)76-52-48-32-40(55)30-38(36-57)46(48)34-50(52)65-19-11-59-12-20-65/h1-8,29-32,49-52,58-59,62-63H,9-28,33-34H2,(H2,60,61,66)/t49-,50?,51-,52-/m0/s1.